The molecule has 0 saturated heterocycles. The fourth-order valence-corrected chi connectivity index (χ4v) is 3.87. The number of hydrogen-bond donors (Lipinski definition) is 2. The van der Waals surface area contributed by atoms with Gasteiger partial charge in [0.05, 0.1) is 23.3 Å². The van der Waals surface area contributed by atoms with Crippen molar-refractivity contribution in [3.8, 4) is 16.9 Å². The van der Waals surface area contributed by atoms with Crippen molar-refractivity contribution in [2.45, 2.75) is 20.0 Å². The summed E-state index contributed by atoms with van der Waals surface area (Å²) in [6.45, 7) is 3.58. The zero-order valence-corrected chi connectivity index (χ0v) is 21.9. The highest BCUT2D eigenvalue weighted by Gasteiger charge is 2.31. The summed E-state index contributed by atoms with van der Waals surface area (Å²) < 4.78 is 42.3. The number of nitrogens with zero attached hydrogens (tertiary/aromatic N) is 5. The Morgan fingerprint density at radius 2 is 1.76 bits per heavy atom. The molecule has 3 aromatic heterocycles. The standard InChI is InChI=1S/C28H22F3N7O.2H2O/c1-17-5-6-19(10-25(17)37-27-33-9-7-24(36-27)20-4-3-8-32-14-20)26(39)35-22-11-21(28(29,30)31)12-23(13-22)38-15-18(2)34-16-38;;/h3-16H,1-2H3,(H,35,39)(H,33,36,37);2*1H2. The molecule has 0 radical (unpaired) electrons. The molecular formula is C28H26F3N7O3. The second-order valence-electron chi connectivity index (χ2n) is 8.80. The highest BCUT2D eigenvalue weighted by Crippen LogP contribution is 2.33. The Bertz CT molecular complexity index is 1660. The van der Waals surface area contributed by atoms with Gasteiger partial charge in [0.2, 0.25) is 5.95 Å². The van der Waals surface area contributed by atoms with E-state index in [1.165, 1.54) is 17.0 Å². The first-order valence-corrected chi connectivity index (χ1v) is 11.8. The van der Waals surface area contributed by atoms with Crippen molar-refractivity contribution in [1.29, 1.82) is 0 Å². The predicted octanol–water partition coefficient (Wildman–Crippen LogP) is 4.71. The number of amides is 1. The molecule has 212 valence electrons. The number of pyridine rings is 1. The normalized spacial score (nSPS) is 10.8. The Hall–Kier alpha value is -5.14. The number of rotatable bonds is 6. The molecule has 0 aliphatic rings. The van der Waals surface area contributed by atoms with E-state index in [4.69, 9.17) is 0 Å². The van der Waals surface area contributed by atoms with Gasteiger partial charge in [-0.3, -0.25) is 9.78 Å². The van der Waals surface area contributed by atoms with Gasteiger partial charge in [-0.15, -0.1) is 0 Å². The van der Waals surface area contributed by atoms with Crippen LogP contribution < -0.4 is 10.6 Å². The average Bonchev–Trinajstić information content (AvgIpc) is 3.36. The number of halogens is 3. The Morgan fingerprint density at radius 3 is 2.44 bits per heavy atom. The number of aromatic nitrogens is 5. The number of carbonyl (C=O) groups excluding carboxylic acids is 1. The number of anilines is 3. The number of benzene rings is 2. The van der Waals surface area contributed by atoms with Gasteiger partial charge < -0.3 is 26.2 Å². The molecule has 3 heterocycles. The Balaban J connectivity index is 0.00000231. The third kappa shape index (κ3) is 7.09. The van der Waals surface area contributed by atoms with Crippen LogP contribution in [0.1, 0.15) is 27.2 Å². The molecule has 1 amide bonds. The maximum Gasteiger partial charge on any atom is 0.416 e. The maximum absolute atomic E-state index is 13.6. The lowest BCUT2D eigenvalue weighted by Crippen LogP contribution is -2.14. The van der Waals surface area contributed by atoms with Crippen LogP contribution in [0.4, 0.5) is 30.5 Å². The number of hydrogen-bond acceptors (Lipinski definition) is 6. The number of nitrogens with one attached hydrogen (secondary N) is 2. The lowest BCUT2D eigenvalue weighted by atomic mass is 10.1. The van der Waals surface area contributed by atoms with Crippen molar-refractivity contribution in [3.63, 3.8) is 0 Å². The van der Waals surface area contributed by atoms with Crippen LogP contribution >= 0.6 is 0 Å². The molecule has 2 aromatic carbocycles. The van der Waals surface area contributed by atoms with Crippen molar-refractivity contribution >= 4 is 23.2 Å². The number of aryl methyl sites for hydroxylation is 2. The highest BCUT2D eigenvalue weighted by atomic mass is 19.4. The van der Waals surface area contributed by atoms with Crippen LogP contribution in [0.3, 0.4) is 0 Å². The Kier molecular flexibility index (Phi) is 9.17. The van der Waals surface area contributed by atoms with Crippen molar-refractivity contribution in [3.05, 3.63) is 108 Å². The summed E-state index contributed by atoms with van der Waals surface area (Å²) in [6.07, 6.45) is 3.38. The zero-order chi connectivity index (χ0) is 27.6. The molecule has 5 aromatic rings. The maximum atomic E-state index is 13.6. The summed E-state index contributed by atoms with van der Waals surface area (Å²) in [5, 5.41) is 5.71. The summed E-state index contributed by atoms with van der Waals surface area (Å²) in [7, 11) is 0. The third-order valence-corrected chi connectivity index (χ3v) is 5.87. The lowest BCUT2D eigenvalue weighted by molar-refractivity contribution is -0.137. The predicted molar refractivity (Wildman–Crippen MR) is 148 cm³/mol. The van der Waals surface area contributed by atoms with Gasteiger partial charge in [0.15, 0.2) is 0 Å². The van der Waals surface area contributed by atoms with Gasteiger partial charge in [-0.1, -0.05) is 6.07 Å². The molecule has 10 nitrogen and oxygen atoms in total. The molecular weight excluding hydrogens is 539 g/mol. The molecule has 0 aliphatic carbocycles. The topological polar surface area (TPSA) is 161 Å². The van der Waals surface area contributed by atoms with Crippen molar-refractivity contribution in [1.82, 2.24) is 24.5 Å². The Labute approximate surface area is 232 Å². The monoisotopic (exact) mass is 565 g/mol. The van der Waals surface area contributed by atoms with Crippen LogP contribution in [0.25, 0.3) is 16.9 Å². The van der Waals surface area contributed by atoms with Crippen molar-refractivity contribution < 1.29 is 28.9 Å². The van der Waals surface area contributed by atoms with Crippen LogP contribution in [-0.4, -0.2) is 41.4 Å². The smallest absolute Gasteiger partial charge is 0.412 e. The summed E-state index contributed by atoms with van der Waals surface area (Å²) in [6, 6.07) is 13.7. The van der Waals surface area contributed by atoms with Crippen molar-refractivity contribution in [2.75, 3.05) is 10.6 Å². The van der Waals surface area contributed by atoms with E-state index in [9.17, 15) is 18.0 Å². The lowest BCUT2D eigenvalue weighted by Gasteiger charge is -2.14. The SMILES string of the molecule is Cc1cn(-c2cc(NC(=O)c3ccc(C)c(Nc4nccc(-c5cccnc5)n4)c3)cc(C(F)(F)F)c2)cn1.O.O. The van der Waals surface area contributed by atoms with Crippen LogP contribution in [0, 0.1) is 13.8 Å². The van der Waals surface area contributed by atoms with Crippen LogP contribution in [0.2, 0.25) is 0 Å². The summed E-state index contributed by atoms with van der Waals surface area (Å²) in [5.74, 6) is -0.259. The van der Waals surface area contributed by atoms with E-state index < -0.39 is 17.6 Å². The van der Waals surface area contributed by atoms with E-state index in [1.807, 2.05) is 13.0 Å². The molecule has 5 rings (SSSR count). The van der Waals surface area contributed by atoms with Crippen LogP contribution in [0.15, 0.2) is 85.7 Å². The largest absolute Gasteiger partial charge is 0.416 e. The van der Waals surface area contributed by atoms with E-state index in [0.29, 0.717) is 23.0 Å². The van der Waals surface area contributed by atoms with Crippen molar-refractivity contribution in [2.24, 2.45) is 0 Å². The molecule has 41 heavy (non-hydrogen) atoms. The molecule has 0 fully saturated rings. The molecule has 6 N–H and O–H groups in total. The quantitative estimate of drug-likeness (QED) is 0.303. The van der Waals surface area contributed by atoms with Gasteiger partial charge >= 0.3 is 6.18 Å². The molecule has 0 aliphatic heterocycles. The summed E-state index contributed by atoms with van der Waals surface area (Å²) in [4.78, 5) is 30.1. The van der Waals surface area contributed by atoms with E-state index >= 15 is 0 Å². The van der Waals surface area contributed by atoms with Gasteiger partial charge in [-0.25, -0.2) is 15.0 Å². The fraction of sp³-hybridized carbons (Fsp3) is 0.107. The first-order valence-electron chi connectivity index (χ1n) is 11.8. The number of carbonyl (C=O) groups is 1. The average molecular weight is 566 g/mol. The molecule has 0 atom stereocenters. The molecule has 0 bridgehead atoms. The minimum absolute atomic E-state index is 0. The first kappa shape index (κ1) is 30.4. The van der Waals surface area contributed by atoms with E-state index in [2.05, 4.69) is 30.6 Å². The minimum Gasteiger partial charge on any atom is -0.412 e. The van der Waals surface area contributed by atoms with E-state index in [0.717, 1.165) is 23.3 Å². The van der Waals surface area contributed by atoms with Crippen LogP contribution in [0.5, 0.6) is 0 Å². The van der Waals surface area contributed by atoms with Gasteiger partial charge in [-0.05, 0) is 67.9 Å². The summed E-state index contributed by atoms with van der Waals surface area (Å²) in [5.41, 5.74) is 3.09. The van der Waals surface area contributed by atoms with Crippen LogP contribution in [-0.2, 0) is 6.18 Å². The number of alkyl halides is 3. The molecule has 0 spiro atoms. The van der Waals surface area contributed by atoms with Gasteiger partial charge in [0.25, 0.3) is 5.91 Å². The van der Waals surface area contributed by atoms with Gasteiger partial charge in [-0.2, -0.15) is 13.2 Å². The minimum atomic E-state index is -4.60. The second kappa shape index (κ2) is 12.4. The summed E-state index contributed by atoms with van der Waals surface area (Å²) >= 11 is 0. The van der Waals surface area contributed by atoms with E-state index in [-0.39, 0.29) is 27.9 Å². The second-order valence-corrected chi connectivity index (χ2v) is 8.80. The number of imidazole rings is 1. The Morgan fingerprint density at radius 1 is 0.951 bits per heavy atom. The molecule has 13 heteroatoms. The van der Waals surface area contributed by atoms with Gasteiger partial charge in [0, 0.05) is 53.0 Å². The highest BCUT2D eigenvalue weighted by molar-refractivity contribution is 6.05. The molecule has 0 unspecified atom stereocenters. The molecule has 0 saturated carbocycles. The van der Waals surface area contributed by atoms with E-state index in [1.54, 1.807) is 62.0 Å². The third-order valence-electron chi connectivity index (χ3n) is 5.87. The zero-order valence-electron chi connectivity index (χ0n) is 21.9. The van der Waals surface area contributed by atoms with Gasteiger partial charge in [0.1, 0.15) is 0 Å². The fourth-order valence-electron chi connectivity index (χ4n) is 3.87. The first-order chi connectivity index (χ1) is 18.7.